The van der Waals surface area contributed by atoms with Gasteiger partial charge >= 0.3 is 6.03 Å². The number of carbonyl (C=O) groups is 3. The summed E-state index contributed by atoms with van der Waals surface area (Å²) >= 11 is 3.30. The number of amides is 4. The van der Waals surface area contributed by atoms with Crippen molar-refractivity contribution in [3.8, 4) is 0 Å². The number of nitrogens with zero attached hydrogens (tertiary/aromatic N) is 2. The molecule has 1 aromatic carbocycles. The third-order valence-corrected chi connectivity index (χ3v) is 3.94. The topological polar surface area (TPSA) is 71.4 Å². The van der Waals surface area contributed by atoms with E-state index in [0.717, 1.165) is 9.37 Å². The molecule has 1 N–H and O–H groups in total. The standard InChI is InChI=1S/C16H12BrN3O3/c1-19-7-3-6-11(19)9-13-14(21)18-16(23)20(15(13)22)12-5-2-4-10(17)8-12/h2-9H,1H3,(H,18,21,23)/b13-9+. The molecule has 23 heavy (non-hydrogen) atoms. The van der Waals surface area contributed by atoms with E-state index in [1.165, 1.54) is 6.08 Å². The molecule has 0 aliphatic carbocycles. The molecule has 1 saturated heterocycles. The Morgan fingerprint density at radius 3 is 2.57 bits per heavy atom. The number of anilines is 1. The molecule has 1 aliphatic heterocycles. The maximum Gasteiger partial charge on any atom is 0.335 e. The third kappa shape index (κ3) is 2.83. The van der Waals surface area contributed by atoms with Crippen LogP contribution in [0.25, 0.3) is 6.08 Å². The highest BCUT2D eigenvalue weighted by Crippen LogP contribution is 2.24. The lowest BCUT2D eigenvalue weighted by Crippen LogP contribution is -2.54. The predicted molar refractivity (Wildman–Crippen MR) is 88.6 cm³/mol. The molecule has 0 atom stereocenters. The summed E-state index contributed by atoms with van der Waals surface area (Å²) in [5.41, 5.74) is 0.977. The second-order valence-corrected chi connectivity index (χ2v) is 5.90. The van der Waals surface area contributed by atoms with Crippen molar-refractivity contribution < 1.29 is 14.4 Å². The number of barbiturate groups is 1. The molecule has 116 valence electrons. The number of hydrogen-bond acceptors (Lipinski definition) is 3. The average Bonchev–Trinajstić information content (AvgIpc) is 2.88. The number of benzene rings is 1. The first-order valence-corrected chi connectivity index (χ1v) is 7.55. The van der Waals surface area contributed by atoms with Gasteiger partial charge in [-0.2, -0.15) is 0 Å². The highest BCUT2D eigenvalue weighted by atomic mass is 79.9. The number of hydrogen-bond donors (Lipinski definition) is 1. The van der Waals surface area contributed by atoms with Crippen molar-refractivity contribution in [3.05, 3.63) is 58.3 Å². The van der Waals surface area contributed by atoms with Crippen LogP contribution in [-0.4, -0.2) is 22.4 Å². The third-order valence-electron chi connectivity index (χ3n) is 3.44. The van der Waals surface area contributed by atoms with E-state index in [0.29, 0.717) is 11.4 Å². The average molecular weight is 374 g/mol. The van der Waals surface area contributed by atoms with Gasteiger partial charge in [-0.1, -0.05) is 22.0 Å². The Hall–Kier alpha value is -2.67. The number of halogens is 1. The van der Waals surface area contributed by atoms with E-state index in [9.17, 15) is 14.4 Å². The van der Waals surface area contributed by atoms with Crippen LogP contribution in [0, 0.1) is 0 Å². The second kappa shape index (κ2) is 5.85. The molecule has 1 aromatic heterocycles. The largest absolute Gasteiger partial charge is 0.351 e. The lowest BCUT2D eigenvalue weighted by atomic mass is 10.1. The molecule has 2 heterocycles. The van der Waals surface area contributed by atoms with Crippen molar-refractivity contribution in [1.29, 1.82) is 0 Å². The van der Waals surface area contributed by atoms with Gasteiger partial charge in [0.15, 0.2) is 0 Å². The van der Waals surface area contributed by atoms with Crippen LogP contribution in [0.1, 0.15) is 5.69 Å². The van der Waals surface area contributed by atoms with Crippen LogP contribution in [0.15, 0.2) is 52.6 Å². The molecule has 0 bridgehead atoms. The molecule has 1 aliphatic rings. The van der Waals surface area contributed by atoms with Crippen LogP contribution in [0.2, 0.25) is 0 Å². The molecule has 0 saturated carbocycles. The van der Waals surface area contributed by atoms with Crippen LogP contribution in [0.4, 0.5) is 10.5 Å². The number of imide groups is 2. The van der Waals surface area contributed by atoms with E-state index in [1.54, 1.807) is 54.2 Å². The van der Waals surface area contributed by atoms with Gasteiger partial charge in [-0.05, 0) is 36.4 Å². The number of aryl methyl sites for hydroxylation is 1. The number of carbonyl (C=O) groups excluding carboxylic acids is 3. The van der Waals surface area contributed by atoms with E-state index >= 15 is 0 Å². The Kier molecular flexibility index (Phi) is 3.87. The number of urea groups is 1. The van der Waals surface area contributed by atoms with Crippen molar-refractivity contribution in [2.75, 3.05) is 4.90 Å². The fraction of sp³-hybridized carbons (Fsp3) is 0.0625. The Balaban J connectivity index is 2.04. The minimum atomic E-state index is -0.762. The monoisotopic (exact) mass is 373 g/mol. The molecule has 0 unspecified atom stereocenters. The number of nitrogens with one attached hydrogen (secondary N) is 1. The van der Waals surface area contributed by atoms with Gasteiger partial charge in [0, 0.05) is 23.4 Å². The van der Waals surface area contributed by atoms with Gasteiger partial charge < -0.3 is 4.57 Å². The lowest BCUT2D eigenvalue weighted by molar-refractivity contribution is -0.122. The quantitative estimate of drug-likeness (QED) is 0.649. The SMILES string of the molecule is Cn1cccc1/C=C1\C(=O)NC(=O)N(c2cccc(Br)c2)C1=O. The number of aromatic nitrogens is 1. The molecule has 6 nitrogen and oxygen atoms in total. The van der Waals surface area contributed by atoms with Crippen LogP contribution in [0.5, 0.6) is 0 Å². The smallest absolute Gasteiger partial charge is 0.335 e. The Morgan fingerprint density at radius 1 is 1.13 bits per heavy atom. The van der Waals surface area contributed by atoms with Gasteiger partial charge in [0.25, 0.3) is 11.8 Å². The van der Waals surface area contributed by atoms with E-state index in [1.807, 2.05) is 0 Å². The Morgan fingerprint density at radius 2 is 1.91 bits per heavy atom. The van der Waals surface area contributed by atoms with Crippen molar-refractivity contribution in [2.24, 2.45) is 7.05 Å². The summed E-state index contributed by atoms with van der Waals surface area (Å²) in [4.78, 5) is 37.7. The molecule has 3 rings (SSSR count). The van der Waals surface area contributed by atoms with Crippen LogP contribution < -0.4 is 10.2 Å². The first-order valence-electron chi connectivity index (χ1n) is 6.76. The summed E-state index contributed by atoms with van der Waals surface area (Å²) in [6.45, 7) is 0. The zero-order chi connectivity index (χ0) is 16.6. The maximum atomic E-state index is 12.6. The summed E-state index contributed by atoms with van der Waals surface area (Å²) in [5.74, 6) is -1.36. The molecule has 0 spiro atoms. The normalized spacial score (nSPS) is 16.9. The first kappa shape index (κ1) is 15.2. The Labute approximate surface area is 140 Å². The second-order valence-electron chi connectivity index (χ2n) is 4.98. The van der Waals surface area contributed by atoms with E-state index in [4.69, 9.17) is 0 Å². The summed E-state index contributed by atoms with van der Waals surface area (Å²) < 4.78 is 2.49. The van der Waals surface area contributed by atoms with Gasteiger partial charge in [-0.15, -0.1) is 0 Å². The van der Waals surface area contributed by atoms with Gasteiger partial charge in [-0.25, -0.2) is 9.69 Å². The van der Waals surface area contributed by atoms with Gasteiger partial charge in [0.05, 0.1) is 5.69 Å². The molecular formula is C16H12BrN3O3. The molecule has 2 aromatic rings. The maximum absolute atomic E-state index is 12.6. The molecule has 1 fully saturated rings. The first-order chi connectivity index (χ1) is 11.0. The van der Waals surface area contributed by atoms with E-state index in [-0.39, 0.29) is 5.57 Å². The zero-order valence-electron chi connectivity index (χ0n) is 12.1. The van der Waals surface area contributed by atoms with Crippen LogP contribution in [0.3, 0.4) is 0 Å². The summed E-state index contributed by atoms with van der Waals surface area (Å²) in [6, 6.07) is 9.55. The fourth-order valence-electron chi connectivity index (χ4n) is 2.28. The van der Waals surface area contributed by atoms with E-state index in [2.05, 4.69) is 21.2 Å². The summed E-state index contributed by atoms with van der Waals surface area (Å²) in [7, 11) is 1.80. The summed E-state index contributed by atoms with van der Waals surface area (Å²) in [5, 5.41) is 2.19. The minimum absolute atomic E-state index is 0.0913. The molecule has 7 heteroatoms. The van der Waals surface area contributed by atoms with Crippen molar-refractivity contribution in [2.45, 2.75) is 0 Å². The van der Waals surface area contributed by atoms with E-state index < -0.39 is 17.8 Å². The van der Waals surface area contributed by atoms with Crippen LogP contribution >= 0.6 is 15.9 Å². The minimum Gasteiger partial charge on any atom is -0.351 e. The van der Waals surface area contributed by atoms with Gasteiger partial charge in [0.2, 0.25) is 0 Å². The Bertz CT molecular complexity index is 854. The molecule has 0 radical (unpaired) electrons. The number of rotatable bonds is 2. The van der Waals surface area contributed by atoms with Crippen molar-refractivity contribution in [3.63, 3.8) is 0 Å². The highest BCUT2D eigenvalue weighted by molar-refractivity contribution is 9.10. The predicted octanol–water partition coefficient (Wildman–Crippen LogP) is 2.45. The van der Waals surface area contributed by atoms with Crippen molar-refractivity contribution in [1.82, 2.24) is 9.88 Å². The molecular weight excluding hydrogens is 362 g/mol. The van der Waals surface area contributed by atoms with Gasteiger partial charge in [-0.3, -0.25) is 14.9 Å². The molecule has 4 amide bonds. The lowest BCUT2D eigenvalue weighted by Gasteiger charge is -2.26. The zero-order valence-corrected chi connectivity index (χ0v) is 13.7. The summed E-state index contributed by atoms with van der Waals surface area (Å²) in [6.07, 6.45) is 3.27. The fourth-order valence-corrected chi connectivity index (χ4v) is 2.67. The van der Waals surface area contributed by atoms with Crippen molar-refractivity contribution >= 4 is 45.5 Å². The van der Waals surface area contributed by atoms with Crippen LogP contribution in [-0.2, 0) is 16.6 Å². The van der Waals surface area contributed by atoms with Gasteiger partial charge in [0.1, 0.15) is 5.57 Å². The highest BCUT2D eigenvalue weighted by Gasteiger charge is 2.36.